The molecule has 2 atom stereocenters. The standard InChI is InChI=1S/C20H24FN3O/c1-3-6-18-14(2)7-4-12-24(18)20(25)17-13-15(21)8-9-16(17)19-22-10-5-11-23-19/h5,8-11,13-14,18H,3-4,6-7,12H2,1-2H3. The molecular weight excluding hydrogens is 317 g/mol. The van der Waals surface area contributed by atoms with Crippen LogP contribution in [0.1, 0.15) is 49.9 Å². The van der Waals surface area contributed by atoms with Gasteiger partial charge < -0.3 is 4.90 Å². The van der Waals surface area contributed by atoms with E-state index < -0.39 is 5.82 Å². The van der Waals surface area contributed by atoms with E-state index in [2.05, 4.69) is 23.8 Å². The number of piperidine rings is 1. The first-order valence-electron chi connectivity index (χ1n) is 8.99. The molecule has 3 rings (SSSR count). The molecule has 0 N–H and O–H groups in total. The fourth-order valence-corrected chi connectivity index (χ4v) is 3.72. The third-order valence-electron chi connectivity index (χ3n) is 4.98. The zero-order valence-corrected chi connectivity index (χ0v) is 14.8. The first-order chi connectivity index (χ1) is 12.1. The van der Waals surface area contributed by atoms with E-state index in [1.54, 1.807) is 24.5 Å². The van der Waals surface area contributed by atoms with Crippen LogP contribution in [0.25, 0.3) is 11.4 Å². The molecule has 5 heteroatoms. The van der Waals surface area contributed by atoms with Crippen LogP contribution in [0.4, 0.5) is 4.39 Å². The maximum Gasteiger partial charge on any atom is 0.254 e. The summed E-state index contributed by atoms with van der Waals surface area (Å²) < 4.78 is 13.9. The predicted octanol–water partition coefficient (Wildman–Crippen LogP) is 4.32. The first kappa shape index (κ1) is 17.5. The highest BCUT2D eigenvalue weighted by Gasteiger charge is 2.33. The highest BCUT2D eigenvalue weighted by molar-refractivity contribution is 6.00. The average molecular weight is 341 g/mol. The Morgan fingerprint density at radius 3 is 2.80 bits per heavy atom. The monoisotopic (exact) mass is 341 g/mol. The maximum absolute atomic E-state index is 13.9. The number of rotatable bonds is 4. The first-order valence-corrected chi connectivity index (χ1v) is 8.99. The van der Waals surface area contributed by atoms with E-state index in [4.69, 9.17) is 0 Å². The Hall–Kier alpha value is -2.30. The second-order valence-electron chi connectivity index (χ2n) is 6.74. The lowest BCUT2D eigenvalue weighted by atomic mass is 9.87. The zero-order chi connectivity index (χ0) is 17.8. The van der Waals surface area contributed by atoms with Crippen LogP contribution in [-0.4, -0.2) is 33.4 Å². The Labute approximate surface area is 148 Å². The SMILES string of the molecule is CCCC1C(C)CCCN1C(=O)c1cc(F)ccc1-c1ncccn1. The number of halogens is 1. The molecule has 2 aromatic rings. The van der Waals surface area contributed by atoms with E-state index in [0.29, 0.717) is 22.9 Å². The smallest absolute Gasteiger partial charge is 0.254 e. The van der Waals surface area contributed by atoms with Crippen LogP contribution in [0, 0.1) is 11.7 Å². The topological polar surface area (TPSA) is 46.1 Å². The molecule has 1 saturated heterocycles. The minimum atomic E-state index is -0.417. The molecular formula is C20H24FN3O. The highest BCUT2D eigenvalue weighted by atomic mass is 19.1. The molecule has 0 bridgehead atoms. The van der Waals surface area contributed by atoms with Gasteiger partial charge in [0.15, 0.2) is 5.82 Å². The Kier molecular flexibility index (Phi) is 5.41. The van der Waals surface area contributed by atoms with Gasteiger partial charge in [0.05, 0.1) is 5.56 Å². The lowest BCUT2D eigenvalue weighted by Gasteiger charge is -2.40. The molecule has 1 aliphatic heterocycles. The van der Waals surface area contributed by atoms with E-state index in [1.807, 2.05) is 4.90 Å². The molecule has 4 nitrogen and oxygen atoms in total. The molecule has 25 heavy (non-hydrogen) atoms. The lowest BCUT2D eigenvalue weighted by molar-refractivity contribution is 0.0498. The Bertz CT molecular complexity index is 735. The summed E-state index contributed by atoms with van der Waals surface area (Å²) in [4.78, 5) is 23.7. The molecule has 1 aromatic heterocycles. The summed E-state index contributed by atoms with van der Waals surface area (Å²) >= 11 is 0. The van der Waals surface area contributed by atoms with Gasteiger partial charge in [-0.1, -0.05) is 20.3 Å². The van der Waals surface area contributed by atoms with E-state index in [1.165, 1.54) is 12.1 Å². The minimum Gasteiger partial charge on any atom is -0.335 e. The van der Waals surface area contributed by atoms with Crippen molar-refractivity contribution in [2.24, 2.45) is 5.92 Å². The molecule has 1 amide bonds. The molecule has 0 aliphatic carbocycles. The number of amides is 1. The van der Waals surface area contributed by atoms with E-state index in [9.17, 15) is 9.18 Å². The highest BCUT2D eigenvalue weighted by Crippen LogP contribution is 2.30. The third kappa shape index (κ3) is 3.70. The van der Waals surface area contributed by atoms with E-state index >= 15 is 0 Å². The van der Waals surface area contributed by atoms with Crippen LogP contribution >= 0.6 is 0 Å². The minimum absolute atomic E-state index is 0.119. The summed E-state index contributed by atoms with van der Waals surface area (Å²) in [7, 11) is 0. The van der Waals surface area contributed by atoms with Crippen molar-refractivity contribution in [3.63, 3.8) is 0 Å². The maximum atomic E-state index is 13.9. The second kappa shape index (κ2) is 7.72. The quantitative estimate of drug-likeness (QED) is 0.832. The van der Waals surface area contributed by atoms with Gasteiger partial charge in [-0.3, -0.25) is 4.79 Å². The molecule has 0 radical (unpaired) electrons. The Morgan fingerprint density at radius 1 is 1.32 bits per heavy atom. The fraction of sp³-hybridized carbons (Fsp3) is 0.450. The van der Waals surface area contributed by atoms with Crippen LogP contribution < -0.4 is 0 Å². The molecule has 2 heterocycles. The number of hydrogen-bond acceptors (Lipinski definition) is 3. The van der Waals surface area contributed by atoms with Gasteiger partial charge in [0.2, 0.25) is 0 Å². The Morgan fingerprint density at radius 2 is 2.08 bits per heavy atom. The van der Waals surface area contributed by atoms with Gasteiger partial charge in [0, 0.05) is 30.5 Å². The number of carbonyl (C=O) groups is 1. The van der Waals surface area contributed by atoms with E-state index in [-0.39, 0.29) is 11.9 Å². The Balaban J connectivity index is 2.00. The van der Waals surface area contributed by atoms with Crippen molar-refractivity contribution in [1.82, 2.24) is 14.9 Å². The predicted molar refractivity (Wildman–Crippen MR) is 95.6 cm³/mol. The van der Waals surface area contributed by atoms with Crippen molar-refractivity contribution in [3.8, 4) is 11.4 Å². The summed E-state index contributed by atoms with van der Waals surface area (Å²) in [5.74, 6) is 0.373. The van der Waals surface area contributed by atoms with Gasteiger partial charge in [0.25, 0.3) is 5.91 Å². The zero-order valence-electron chi connectivity index (χ0n) is 14.8. The third-order valence-corrected chi connectivity index (χ3v) is 4.98. The molecule has 1 aromatic carbocycles. The van der Waals surface area contributed by atoms with Crippen molar-refractivity contribution in [3.05, 3.63) is 48.0 Å². The van der Waals surface area contributed by atoms with Crippen molar-refractivity contribution in [2.45, 2.75) is 45.6 Å². The molecule has 0 saturated carbocycles. The number of carbonyl (C=O) groups excluding carboxylic acids is 1. The average Bonchev–Trinajstić information content (AvgIpc) is 2.63. The van der Waals surface area contributed by atoms with Gasteiger partial charge >= 0.3 is 0 Å². The van der Waals surface area contributed by atoms with Crippen LogP contribution in [0.15, 0.2) is 36.7 Å². The van der Waals surface area contributed by atoms with Gasteiger partial charge in [-0.15, -0.1) is 0 Å². The molecule has 132 valence electrons. The van der Waals surface area contributed by atoms with Crippen molar-refractivity contribution >= 4 is 5.91 Å². The summed E-state index contributed by atoms with van der Waals surface area (Å²) in [5.41, 5.74) is 0.932. The van der Waals surface area contributed by atoms with Crippen molar-refractivity contribution in [1.29, 1.82) is 0 Å². The number of likely N-dealkylation sites (tertiary alicyclic amines) is 1. The number of aromatic nitrogens is 2. The number of benzene rings is 1. The summed E-state index contributed by atoms with van der Waals surface area (Å²) in [6.07, 6.45) is 7.37. The molecule has 1 fully saturated rings. The second-order valence-corrected chi connectivity index (χ2v) is 6.74. The summed E-state index contributed by atoms with van der Waals surface area (Å²) in [5, 5.41) is 0. The lowest BCUT2D eigenvalue weighted by Crippen LogP contribution is -2.47. The number of nitrogens with zero attached hydrogens (tertiary/aromatic N) is 3. The van der Waals surface area contributed by atoms with Gasteiger partial charge in [-0.2, -0.15) is 0 Å². The molecule has 2 unspecified atom stereocenters. The van der Waals surface area contributed by atoms with E-state index in [0.717, 1.165) is 32.2 Å². The van der Waals surface area contributed by atoms with Gasteiger partial charge in [-0.25, -0.2) is 14.4 Å². The fourth-order valence-electron chi connectivity index (χ4n) is 3.72. The van der Waals surface area contributed by atoms with Gasteiger partial charge in [-0.05, 0) is 49.4 Å². The van der Waals surface area contributed by atoms with Crippen molar-refractivity contribution < 1.29 is 9.18 Å². The normalized spacial score (nSPS) is 20.5. The van der Waals surface area contributed by atoms with Gasteiger partial charge in [0.1, 0.15) is 5.82 Å². The number of hydrogen-bond donors (Lipinski definition) is 0. The van der Waals surface area contributed by atoms with Crippen molar-refractivity contribution in [2.75, 3.05) is 6.54 Å². The van der Waals surface area contributed by atoms with Crippen LogP contribution in [0.5, 0.6) is 0 Å². The van der Waals surface area contributed by atoms with Crippen LogP contribution in [0.2, 0.25) is 0 Å². The summed E-state index contributed by atoms with van der Waals surface area (Å²) in [6.45, 7) is 5.06. The van der Waals surface area contributed by atoms with Crippen LogP contribution in [0.3, 0.4) is 0 Å². The van der Waals surface area contributed by atoms with Crippen LogP contribution in [-0.2, 0) is 0 Å². The molecule has 0 spiro atoms. The molecule has 1 aliphatic rings. The summed E-state index contributed by atoms with van der Waals surface area (Å²) in [6, 6.07) is 6.19. The largest absolute Gasteiger partial charge is 0.335 e.